The number of carboxylic acids is 1. The Balaban J connectivity index is 2.83. The molecule has 2 nitrogen and oxygen atoms in total. The molecule has 0 fully saturated rings. The van der Waals surface area contributed by atoms with E-state index >= 15 is 0 Å². The summed E-state index contributed by atoms with van der Waals surface area (Å²) in [7, 11) is 0. The zero-order chi connectivity index (χ0) is 12.2. The van der Waals surface area contributed by atoms with Crippen molar-refractivity contribution in [2.45, 2.75) is 10.4 Å². The highest BCUT2D eigenvalue weighted by atomic mass is 32.2. The van der Waals surface area contributed by atoms with Crippen LogP contribution in [0.3, 0.4) is 0 Å². The van der Waals surface area contributed by atoms with Gasteiger partial charge in [0, 0.05) is 11.0 Å². The van der Waals surface area contributed by atoms with Crippen LogP contribution in [0.1, 0.15) is 5.56 Å². The van der Waals surface area contributed by atoms with Gasteiger partial charge in [-0.15, -0.1) is 0 Å². The van der Waals surface area contributed by atoms with Crippen LogP contribution in [0.2, 0.25) is 0 Å². The van der Waals surface area contributed by atoms with Gasteiger partial charge in [-0.25, -0.2) is 4.79 Å². The molecule has 0 aromatic heterocycles. The molecule has 0 unspecified atom stereocenters. The average molecular weight is 248 g/mol. The molecule has 0 aliphatic heterocycles. The van der Waals surface area contributed by atoms with Gasteiger partial charge in [0.1, 0.15) is 0 Å². The van der Waals surface area contributed by atoms with E-state index in [4.69, 9.17) is 5.11 Å². The van der Waals surface area contributed by atoms with Crippen LogP contribution in [0.5, 0.6) is 0 Å². The number of aliphatic carboxylic acids is 1. The third-order valence-electron chi connectivity index (χ3n) is 1.51. The summed E-state index contributed by atoms with van der Waals surface area (Å²) in [6.45, 7) is 0. The van der Waals surface area contributed by atoms with E-state index in [1.165, 1.54) is 30.3 Å². The fourth-order valence-corrected chi connectivity index (χ4v) is 1.59. The minimum Gasteiger partial charge on any atom is -0.478 e. The first-order valence-electron chi connectivity index (χ1n) is 4.13. The number of hydrogen-bond acceptors (Lipinski definition) is 2. The van der Waals surface area contributed by atoms with Crippen molar-refractivity contribution >= 4 is 23.8 Å². The second-order valence-electron chi connectivity index (χ2n) is 2.79. The SMILES string of the molecule is O=C(O)C=Cc1cccc(SC(F)(F)F)c1. The van der Waals surface area contributed by atoms with E-state index in [1.807, 2.05) is 0 Å². The standard InChI is InChI=1S/C10H7F3O2S/c11-10(12,13)16-8-3-1-2-7(6-8)4-5-9(14)15/h1-6H,(H,14,15). The molecule has 0 radical (unpaired) electrons. The lowest BCUT2D eigenvalue weighted by molar-refractivity contribution is -0.131. The highest BCUT2D eigenvalue weighted by molar-refractivity contribution is 8.00. The summed E-state index contributed by atoms with van der Waals surface area (Å²) < 4.78 is 36.1. The molecule has 1 aromatic carbocycles. The number of carbonyl (C=O) groups is 1. The molecule has 16 heavy (non-hydrogen) atoms. The topological polar surface area (TPSA) is 37.3 Å². The molecule has 1 rings (SSSR count). The van der Waals surface area contributed by atoms with Crippen LogP contribution in [0.15, 0.2) is 35.2 Å². The van der Waals surface area contributed by atoms with Gasteiger partial charge in [0.2, 0.25) is 0 Å². The van der Waals surface area contributed by atoms with Crippen LogP contribution in [0, 0.1) is 0 Å². The third kappa shape index (κ3) is 4.88. The first-order chi connectivity index (χ1) is 7.37. The second-order valence-corrected chi connectivity index (χ2v) is 3.93. The van der Waals surface area contributed by atoms with Crippen LogP contribution in [-0.2, 0) is 4.79 Å². The Hall–Kier alpha value is -1.43. The fourth-order valence-electron chi connectivity index (χ4n) is 0.983. The predicted molar refractivity (Wildman–Crippen MR) is 55.0 cm³/mol. The molecule has 0 amide bonds. The molecule has 0 saturated carbocycles. The van der Waals surface area contributed by atoms with Crippen molar-refractivity contribution in [2.75, 3.05) is 0 Å². The molecule has 0 aliphatic carbocycles. The van der Waals surface area contributed by atoms with Gasteiger partial charge in [0.05, 0.1) is 0 Å². The van der Waals surface area contributed by atoms with Gasteiger partial charge in [-0.1, -0.05) is 12.1 Å². The van der Waals surface area contributed by atoms with Gasteiger partial charge in [0.15, 0.2) is 0 Å². The molecule has 1 aromatic rings. The smallest absolute Gasteiger partial charge is 0.446 e. The number of carboxylic acid groups (broad SMARTS) is 1. The summed E-state index contributed by atoms with van der Waals surface area (Å²) in [4.78, 5) is 10.2. The summed E-state index contributed by atoms with van der Waals surface area (Å²) in [5.41, 5.74) is -3.92. The lowest BCUT2D eigenvalue weighted by atomic mass is 10.2. The Bertz CT molecular complexity index is 413. The number of hydrogen-bond donors (Lipinski definition) is 1. The predicted octanol–water partition coefficient (Wildman–Crippen LogP) is 3.40. The Morgan fingerprint density at radius 3 is 2.62 bits per heavy atom. The van der Waals surface area contributed by atoms with Crippen molar-refractivity contribution in [3.8, 4) is 0 Å². The van der Waals surface area contributed by atoms with Gasteiger partial charge in [-0.2, -0.15) is 13.2 Å². The Morgan fingerprint density at radius 2 is 2.06 bits per heavy atom. The van der Waals surface area contributed by atoms with Gasteiger partial charge < -0.3 is 5.11 Å². The molecule has 0 spiro atoms. The fraction of sp³-hybridized carbons (Fsp3) is 0.100. The zero-order valence-electron chi connectivity index (χ0n) is 7.86. The van der Waals surface area contributed by atoms with Crippen molar-refractivity contribution in [2.24, 2.45) is 0 Å². The van der Waals surface area contributed by atoms with Gasteiger partial charge >= 0.3 is 11.5 Å². The molecule has 0 saturated heterocycles. The van der Waals surface area contributed by atoms with E-state index in [2.05, 4.69) is 0 Å². The van der Waals surface area contributed by atoms with Crippen LogP contribution in [-0.4, -0.2) is 16.6 Å². The monoisotopic (exact) mass is 248 g/mol. The number of rotatable bonds is 3. The molecular formula is C10H7F3O2S. The van der Waals surface area contributed by atoms with Crippen molar-refractivity contribution in [3.63, 3.8) is 0 Å². The maximum atomic E-state index is 12.0. The summed E-state index contributed by atoms with van der Waals surface area (Å²) >= 11 is -0.232. The van der Waals surface area contributed by atoms with E-state index in [0.29, 0.717) is 5.56 Å². The first-order valence-corrected chi connectivity index (χ1v) is 4.95. The summed E-state index contributed by atoms with van der Waals surface area (Å²) in [5.74, 6) is -1.14. The Labute approximate surface area is 93.8 Å². The van der Waals surface area contributed by atoms with E-state index in [1.54, 1.807) is 0 Å². The largest absolute Gasteiger partial charge is 0.478 e. The molecular weight excluding hydrogens is 241 g/mol. The van der Waals surface area contributed by atoms with Gasteiger partial charge in [-0.05, 0) is 35.5 Å². The number of halogens is 3. The third-order valence-corrected chi connectivity index (χ3v) is 2.23. The molecule has 0 bridgehead atoms. The van der Waals surface area contributed by atoms with Crippen LogP contribution in [0.25, 0.3) is 6.08 Å². The Morgan fingerprint density at radius 1 is 1.38 bits per heavy atom. The average Bonchev–Trinajstić information content (AvgIpc) is 2.12. The highest BCUT2D eigenvalue weighted by Gasteiger charge is 2.29. The molecule has 0 aliphatic rings. The minimum atomic E-state index is -4.34. The highest BCUT2D eigenvalue weighted by Crippen LogP contribution is 2.36. The summed E-state index contributed by atoms with van der Waals surface area (Å²) in [5, 5.41) is 8.36. The second kappa shape index (κ2) is 5.07. The number of benzene rings is 1. The van der Waals surface area contributed by atoms with Gasteiger partial charge in [-0.3, -0.25) is 0 Å². The van der Waals surface area contributed by atoms with Crippen molar-refractivity contribution in [3.05, 3.63) is 35.9 Å². The summed E-state index contributed by atoms with van der Waals surface area (Å²) in [6, 6.07) is 5.56. The van der Waals surface area contributed by atoms with Crippen LogP contribution in [0.4, 0.5) is 13.2 Å². The minimum absolute atomic E-state index is 0.0278. The molecule has 1 N–H and O–H groups in total. The molecule has 0 atom stereocenters. The maximum absolute atomic E-state index is 12.0. The van der Waals surface area contributed by atoms with Crippen LogP contribution < -0.4 is 0 Å². The molecule has 6 heteroatoms. The lowest BCUT2D eigenvalue weighted by Crippen LogP contribution is -1.98. The van der Waals surface area contributed by atoms with Crippen molar-refractivity contribution in [1.29, 1.82) is 0 Å². The zero-order valence-corrected chi connectivity index (χ0v) is 8.68. The van der Waals surface area contributed by atoms with E-state index in [0.717, 1.165) is 6.08 Å². The normalized spacial score (nSPS) is 11.9. The molecule has 86 valence electrons. The van der Waals surface area contributed by atoms with E-state index in [9.17, 15) is 18.0 Å². The van der Waals surface area contributed by atoms with E-state index in [-0.39, 0.29) is 16.7 Å². The quantitative estimate of drug-likeness (QED) is 0.658. The van der Waals surface area contributed by atoms with Gasteiger partial charge in [0.25, 0.3) is 0 Å². The van der Waals surface area contributed by atoms with Crippen LogP contribution >= 0.6 is 11.8 Å². The summed E-state index contributed by atoms with van der Waals surface area (Å²) in [6.07, 6.45) is 2.11. The first kappa shape index (κ1) is 12.6. The number of alkyl halides is 3. The van der Waals surface area contributed by atoms with Crippen molar-refractivity contribution < 1.29 is 23.1 Å². The maximum Gasteiger partial charge on any atom is 0.446 e. The van der Waals surface area contributed by atoms with E-state index < -0.39 is 11.5 Å². The van der Waals surface area contributed by atoms with Crippen molar-refractivity contribution in [1.82, 2.24) is 0 Å². The Kier molecular flexibility index (Phi) is 4.00. The number of thioether (sulfide) groups is 1. The molecule has 0 heterocycles. The lowest BCUT2D eigenvalue weighted by Gasteiger charge is -2.05.